The number of carbonyl (C=O) groups excluding carboxylic acids is 1. The molecule has 0 amide bonds. The summed E-state index contributed by atoms with van der Waals surface area (Å²) in [5, 5.41) is 0. The van der Waals surface area contributed by atoms with Gasteiger partial charge in [-0.3, -0.25) is 4.79 Å². The van der Waals surface area contributed by atoms with Crippen LogP contribution in [0.3, 0.4) is 0 Å². The normalized spacial score (nSPS) is 13.4. The summed E-state index contributed by atoms with van der Waals surface area (Å²) < 4.78 is 26.3. The van der Waals surface area contributed by atoms with Crippen molar-refractivity contribution in [2.45, 2.75) is 31.2 Å². The van der Waals surface area contributed by atoms with Crippen LogP contribution in [0.5, 0.6) is 0 Å². The molecule has 0 bridgehead atoms. The fourth-order valence-electron chi connectivity index (χ4n) is 1.73. The molecule has 0 aromatic heterocycles. The first-order valence-electron chi connectivity index (χ1n) is 6.38. The zero-order valence-electron chi connectivity index (χ0n) is 12.3. The summed E-state index contributed by atoms with van der Waals surface area (Å²) in [6.07, 6.45) is 2.81. The van der Waals surface area contributed by atoms with Gasteiger partial charge in [0, 0.05) is 18.7 Å². The molecule has 0 aliphatic heterocycles. The lowest BCUT2D eigenvalue weighted by molar-refractivity contribution is 0.101. The molecule has 1 unspecified atom stereocenters. The predicted octanol–water partition coefficient (Wildman–Crippen LogP) is 2.65. The number of hydrogen-bond donors (Lipinski definition) is 0. The Kier molecular flexibility index (Phi) is 6.23. The molecule has 112 valence electrons. The third kappa shape index (κ3) is 4.07. The number of rotatable bonds is 7. The van der Waals surface area contributed by atoms with Crippen LogP contribution in [-0.2, 0) is 10.0 Å². The van der Waals surface area contributed by atoms with Crippen molar-refractivity contribution in [2.24, 2.45) is 0 Å². The highest BCUT2D eigenvalue weighted by Gasteiger charge is 2.25. The van der Waals surface area contributed by atoms with E-state index in [1.165, 1.54) is 23.4 Å². The van der Waals surface area contributed by atoms with Gasteiger partial charge in [-0.05, 0) is 44.4 Å². The van der Waals surface area contributed by atoms with Crippen LogP contribution in [0.15, 0.2) is 29.2 Å². The van der Waals surface area contributed by atoms with Crippen molar-refractivity contribution < 1.29 is 13.2 Å². The van der Waals surface area contributed by atoms with Crippen LogP contribution in [0.2, 0.25) is 0 Å². The molecule has 1 atom stereocenters. The maximum absolute atomic E-state index is 12.5. The molecule has 0 saturated heterocycles. The Bertz CT molecular complexity index is 552. The van der Waals surface area contributed by atoms with Crippen molar-refractivity contribution in [1.29, 1.82) is 0 Å². The SMILES string of the molecule is CSCCC(C)N(C)S(=O)(=O)c1ccc(C(C)=O)cc1. The van der Waals surface area contributed by atoms with E-state index in [1.807, 2.05) is 13.2 Å². The fraction of sp³-hybridized carbons (Fsp3) is 0.500. The molecule has 0 aliphatic carbocycles. The van der Waals surface area contributed by atoms with Gasteiger partial charge in [-0.15, -0.1) is 0 Å². The number of thioether (sulfide) groups is 1. The molecule has 0 saturated carbocycles. The Morgan fingerprint density at radius 3 is 2.30 bits per heavy atom. The Balaban J connectivity index is 2.95. The highest BCUT2D eigenvalue weighted by molar-refractivity contribution is 7.98. The standard InChI is InChI=1S/C14H21NO3S2/c1-11(9-10-19-4)15(3)20(17,18)14-7-5-13(6-8-14)12(2)16/h5-8,11H,9-10H2,1-4H3. The third-order valence-corrected chi connectivity index (χ3v) is 5.93. The molecule has 6 heteroatoms. The van der Waals surface area contributed by atoms with E-state index in [1.54, 1.807) is 30.9 Å². The number of ketones is 1. The smallest absolute Gasteiger partial charge is 0.243 e. The quantitative estimate of drug-likeness (QED) is 0.726. The lowest BCUT2D eigenvalue weighted by Crippen LogP contribution is -2.35. The molecule has 0 N–H and O–H groups in total. The summed E-state index contributed by atoms with van der Waals surface area (Å²) in [7, 11) is -1.90. The van der Waals surface area contributed by atoms with Crippen molar-refractivity contribution in [3.63, 3.8) is 0 Å². The number of hydrogen-bond acceptors (Lipinski definition) is 4. The minimum atomic E-state index is -3.50. The summed E-state index contributed by atoms with van der Waals surface area (Å²) in [4.78, 5) is 11.4. The van der Waals surface area contributed by atoms with Gasteiger partial charge in [0.1, 0.15) is 0 Å². The van der Waals surface area contributed by atoms with Crippen LogP contribution in [0.25, 0.3) is 0 Å². The van der Waals surface area contributed by atoms with Crippen LogP contribution < -0.4 is 0 Å². The molecule has 0 spiro atoms. The Labute approximate surface area is 125 Å². The van der Waals surface area contributed by atoms with E-state index in [0.717, 1.165) is 12.2 Å². The topological polar surface area (TPSA) is 54.5 Å². The van der Waals surface area contributed by atoms with Crippen molar-refractivity contribution in [1.82, 2.24) is 4.31 Å². The summed E-state index contributed by atoms with van der Waals surface area (Å²) in [6.45, 7) is 3.36. The van der Waals surface area contributed by atoms with Gasteiger partial charge >= 0.3 is 0 Å². The summed E-state index contributed by atoms with van der Waals surface area (Å²) in [6, 6.07) is 6.03. The second-order valence-corrected chi connectivity index (χ2v) is 7.72. The number of carbonyl (C=O) groups is 1. The fourth-order valence-corrected chi connectivity index (χ4v) is 3.70. The largest absolute Gasteiger partial charge is 0.295 e. The highest BCUT2D eigenvalue weighted by atomic mass is 32.2. The lowest BCUT2D eigenvalue weighted by atomic mass is 10.2. The number of benzene rings is 1. The van der Waals surface area contributed by atoms with E-state index in [0.29, 0.717) is 5.56 Å². The molecule has 0 radical (unpaired) electrons. The van der Waals surface area contributed by atoms with Crippen molar-refractivity contribution >= 4 is 27.6 Å². The monoisotopic (exact) mass is 315 g/mol. The van der Waals surface area contributed by atoms with Gasteiger partial charge in [0.25, 0.3) is 0 Å². The van der Waals surface area contributed by atoms with Crippen molar-refractivity contribution in [2.75, 3.05) is 19.1 Å². The van der Waals surface area contributed by atoms with Gasteiger partial charge in [-0.2, -0.15) is 16.1 Å². The minimum absolute atomic E-state index is 0.0556. The number of Topliss-reactive ketones (excluding diaryl/α,β-unsaturated/α-hetero) is 1. The minimum Gasteiger partial charge on any atom is -0.295 e. The van der Waals surface area contributed by atoms with Gasteiger partial charge in [0.2, 0.25) is 10.0 Å². The van der Waals surface area contributed by atoms with Crippen LogP contribution >= 0.6 is 11.8 Å². The van der Waals surface area contributed by atoms with Gasteiger partial charge in [0.05, 0.1) is 4.90 Å². The second kappa shape index (κ2) is 7.24. The molecular weight excluding hydrogens is 294 g/mol. The van der Waals surface area contributed by atoms with E-state index >= 15 is 0 Å². The van der Waals surface area contributed by atoms with E-state index in [9.17, 15) is 13.2 Å². The van der Waals surface area contributed by atoms with Gasteiger partial charge < -0.3 is 0 Å². The first-order valence-corrected chi connectivity index (χ1v) is 9.22. The molecule has 0 heterocycles. The second-order valence-electron chi connectivity index (χ2n) is 4.73. The van der Waals surface area contributed by atoms with Crippen LogP contribution in [0.4, 0.5) is 0 Å². The van der Waals surface area contributed by atoms with Crippen LogP contribution in [-0.4, -0.2) is 43.6 Å². The first kappa shape index (κ1) is 17.2. The molecule has 4 nitrogen and oxygen atoms in total. The van der Waals surface area contributed by atoms with Gasteiger partial charge in [0.15, 0.2) is 5.78 Å². The molecular formula is C14H21NO3S2. The van der Waals surface area contributed by atoms with Crippen LogP contribution in [0, 0.1) is 0 Å². The Hall–Kier alpha value is -0.850. The molecule has 0 fully saturated rings. The average Bonchev–Trinajstić information content (AvgIpc) is 2.43. The van der Waals surface area contributed by atoms with E-state index in [-0.39, 0.29) is 16.7 Å². The van der Waals surface area contributed by atoms with Gasteiger partial charge in [-0.25, -0.2) is 8.42 Å². The lowest BCUT2D eigenvalue weighted by Gasteiger charge is -2.24. The van der Waals surface area contributed by atoms with Crippen molar-refractivity contribution in [3.8, 4) is 0 Å². The first-order chi connectivity index (χ1) is 9.30. The van der Waals surface area contributed by atoms with Crippen LogP contribution in [0.1, 0.15) is 30.6 Å². The van der Waals surface area contributed by atoms with E-state index < -0.39 is 10.0 Å². The molecule has 20 heavy (non-hydrogen) atoms. The van der Waals surface area contributed by atoms with Crippen molar-refractivity contribution in [3.05, 3.63) is 29.8 Å². The molecule has 0 aliphatic rings. The highest BCUT2D eigenvalue weighted by Crippen LogP contribution is 2.19. The summed E-state index contributed by atoms with van der Waals surface area (Å²) in [5.41, 5.74) is 0.516. The average molecular weight is 315 g/mol. The summed E-state index contributed by atoms with van der Waals surface area (Å²) in [5.74, 6) is 0.847. The number of nitrogens with zero attached hydrogens (tertiary/aromatic N) is 1. The third-order valence-electron chi connectivity index (χ3n) is 3.30. The predicted molar refractivity (Wildman–Crippen MR) is 83.9 cm³/mol. The molecule has 1 rings (SSSR count). The Morgan fingerprint density at radius 2 is 1.85 bits per heavy atom. The Morgan fingerprint density at radius 1 is 1.30 bits per heavy atom. The summed E-state index contributed by atoms with van der Waals surface area (Å²) >= 11 is 1.70. The van der Waals surface area contributed by atoms with E-state index in [2.05, 4.69) is 0 Å². The van der Waals surface area contributed by atoms with Gasteiger partial charge in [-0.1, -0.05) is 12.1 Å². The van der Waals surface area contributed by atoms with E-state index in [4.69, 9.17) is 0 Å². The molecule has 1 aromatic rings. The number of sulfonamides is 1. The zero-order valence-corrected chi connectivity index (χ0v) is 13.9. The zero-order chi connectivity index (χ0) is 15.3. The molecule has 1 aromatic carbocycles. The maximum Gasteiger partial charge on any atom is 0.243 e. The maximum atomic E-state index is 12.5.